The van der Waals surface area contributed by atoms with Crippen LogP contribution >= 0.6 is 7.60 Å². The quantitative estimate of drug-likeness (QED) is 0.257. The molecule has 0 aromatic heterocycles. The van der Waals surface area contributed by atoms with Crippen molar-refractivity contribution in [2.24, 2.45) is 0 Å². The number of unbranched alkanes of at least 4 members (excludes halogenated alkanes) is 10. The van der Waals surface area contributed by atoms with E-state index in [-0.39, 0.29) is 6.61 Å². The molecule has 0 saturated carbocycles. The molecule has 0 radical (unpaired) electrons. The average Bonchev–Trinajstić information content (AvgIpc) is 2.50. The maximum atomic E-state index is 11.8. The Labute approximate surface area is 150 Å². The van der Waals surface area contributed by atoms with Gasteiger partial charge in [-0.25, -0.2) is 0 Å². The van der Waals surface area contributed by atoms with E-state index in [2.05, 4.69) is 6.92 Å². The van der Waals surface area contributed by atoms with E-state index in [1.54, 1.807) is 20.8 Å². The minimum atomic E-state index is -3.54. The Balaban J connectivity index is 3.25. The molecule has 0 bridgehead atoms. The summed E-state index contributed by atoms with van der Waals surface area (Å²) in [5.74, 6) is 0. The first kappa shape index (κ1) is 24.1. The SMILES string of the molecule is CCCCCCCCCCCCCOCCOP(=O)(O)C(C)(C)C. The molecular formula is C19H41O4P. The maximum absolute atomic E-state index is 11.8. The molecule has 0 aromatic rings. The first-order chi connectivity index (χ1) is 11.3. The molecule has 0 aliphatic heterocycles. The fraction of sp³-hybridized carbons (Fsp3) is 1.00. The number of ether oxygens (including phenoxy) is 1. The van der Waals surface area contributed by atoms with Gasteiger partial charge in [0, 0.05) is 6.61 Å². The molecule has 1 N–H and O–H groups in total. The van der Waals surface area contributed by atoms with Crippen molar-refractivity contribution in [2.75, 3.05) is 19.8 Å². The molecule has 0 rings (SSSR count). The number of hydrogen-bond acceptors (Lipinski definition) is 3. The van der Waals surface area contributed by atoms with Crippen LogP contribution in [0.25, 0.3) is 0 Å². The Morgan fingerprint density at radius 2 is 1.21 bits per heavy atom. The van der Waals surface area contributed by atoms with Crippen LogP contribution in [0.5, 0.6) is 0 Å². The Kier molecular flexibility index (Phi) is 14.4. The molecule has 0 aliphatic carbocycles. The highest BCUT2D eigenvalue weighted by Crippen LogP contribution is 2.54. The van der Waals surface area contributed by atoms with Crippen LogP contribution in [0, 0.1) is 0 Å². The highest BCUT2D eigenvalue weighted by atomic mass is 31.2. The Hall–Kier alpha value is 0.110. The molecule has 0 fully saturated rings. The predicted molar refractivity (Wildman–Crippen MR) is 103 cm³/mol. The van der Waals surface area contributed by atoms with Crippen LogP contribution in [0.3, 0.4) is 0 Å². The highest BCUT2D eigenvalue weighted by molar-refractivity contribution is 7.54. The van der Waals surface area contributed by atoms with Gasteiger partial charge in [0.2, 0.25) is 0 Å². The van der Waals surface area contributed by atoms with E-state index in [0.717, 1.165) is 6.42 Å². The summed E-state index contributed by atoms with van der Waals surface area (Å²) >= 11 is 0. The van der Waals surface area contributed by atoms with Crippen LogP contribution in [-0.4, -0.2) is 29.9 Å². The predicted octanol–water partition coefficient (Wildman–Crippen LogP) is 6.31. The molecule has 1 atom stereocenters. The molecule has 5 heteroatoms. The minimum Gasteiger partial charge on any atom is -0.379 e. The smallest absolute Gasteiger partial charge is 0.333 e. The van der Waals surface area contributed by atoms with E-state index in [1.165, 1.54) is 64.2 Å². The van der Waals surface area contributed by atoms with Crippen molar-refractivity contribution in [3.05, 3.63) is 0 Å². The van der Waals surface area contributed by atoms with Gasteiger partial charge in [0.25, 0.3) is 0 Å². The van der Waals surface area contributed by atoms with Crippen molar-refractivity contribution in [3.8, 4) is 0 Å². The van der Waals surface area contributed by atoms with E-state index in [0.29, 0.717) is 13.2 Å². The molecular weight excluding hydrogens is 323 g/mol. The van der Waals surface area contributed by atoms with E-state index in [1.807, 2.05) is 0 Å². The summed E-state index contributed by atoms with van der Waals surface area (Å²) in [6.45, 7) is 8.67. The topological polar surface area (TPSA) is 55.8 Å². The molecule has 0 saturated heterocycles. The van der Waals surface area contributed by atoms with Gasteiger partial charge in [-0.3, -0.25) is 4.57 Å². The second-order valence-electron chi connectivity index (χ2n) is 7.67. The summed E-state index contributed by atoms with van der Waals surface area (Å²) in [6.07, 6.45) is 14.5. The van der Waals surface area contributed by atoms with Gasteiger partial charge in [0.15, 0.2) is 0 Å². The van der Waals surface area contributed by atoms with Crippen LogP contribution < -0.4 is 0 Å². The van der Waals surface area contributed by atoms with Crippen molar-refractivity contribution in [1.29, 1.82) is 0 Å². The van der Waals surface area contributed by atoms with Gasteiger partial charge < -0.3 is 14.2 Å². The summed E-state index contributed by atoms with van der Waals surface area (Å²) < 4.78 is 22.4. The van der Waals surface area contributed by atoms with Crippen molar-refractivity contribution < 1.29 is 18.7 Å². The third-order valence-electron chi connectivity index (χ3n) is 4.23. The van der Waals surface area contributed by atoms with Gasteiger partial charge in [0.05, 0.1) is 18.4 Å². The van der Waals surface area contributed by atoms with E-state index < -0.39 is 12.8 Å². The number of hydrogen-bond donors (Lipinski definition) is 1. The minimum absolute atomic E-state index is 0.184. The van der Waals surface area contributed by atoms with E-state index in [9.17, 15) is 9.46 Å². The van der Waals surface area contributed by atoms with Crippen molar-refractivity contribution in [1.82, 2.24) is 0 Å². The summed E-state index contributed by atoms with van der Waals surface area (Å²) in [5.41, 5.74) is 0. The molecule has 146 valence electrons. The molecule has 24 heavy (non-hydrogen) atoms. The van der Waals surface area contributed by atoms with Crippen LogP contribution in [0.15, 0.2) is 0 Å². The molecule has 0 heterocycles. The maximum Gasteiger partial charge on any atom is 0.333 e. The zero-order chi connectivity index (χ0) is 18.3. The van der Waals surface area contributed by atoms with Gasteiger partial charge in [-0.1, -0.05) is 71.1 Å². The fourth-order valence-corrected chi connectivity index (χ4v) is 3.09. The average molecular weight is 365 g/mol. The van der Waals surface area contributed by atoms with Gasteiger partial charge in [-0.05, 0) is 27.2 Å². The molecule has 0 aliphatic rings. The summed E-state index contributed by atoms with van der Waals surface area (Å²) in [4.78, 5) is 9.73. The Morgan fingerprint density at radius 3 is 1.67 bits per heavy atom. The van der Waals surface area contributed by atoms with Crippen LogP contribution in [-0.2, 0) is 13.8 Å². The zero-order valence-corrected chi connectivity index (χ0v) is 17.4. The lowest BCUT2D eigenvalue weighted by Gasteiger charge is -2.24. The van der Waals surface area contributed by atoms with E-state index in [4.69, 9.17) is 9.26 Å². The Morgan fingerprint density at radius 1 is 0.750 bits per heavy atom. The standard InChI is InChI=1S/C19H41O4P/c1-5-6-7-8-9-10-11-12-13-14-15-16-22-17-18-23-24(20,21)19(2,3)4/h5-18H2,1-4H3,(H,20,21). The highest BCUT2D eigenvalue weighted by Gasteiger charge is 2.35. The van der Waals surface area contributed by atoms with Gasteiger partial charge >= 0.3 is 7.60 Å². The second-order valence-corrected chi connectivity index (χ2v) is 10.3. The third kappa shape index (κ3) is 13.4. The monoisotopic (exact) mass is 364 g/mol. The lowest BCUT2D eigenvalue weighted by Crippen LogP contribution is -2.18. The second kappa shape index (κ2) is 14.3. The lowest BCUT2D eigenvalue weighted by molar-refractivity contribution is 0.0904. The largest absolute Gasteiger partial charge is 0.379 e. The molecule has 0 spiro atoms. The molecule has 0 aromatic carbocycles. The molecule has 0 amide bonds. The first-order valence-electron chi connectivity index (χ1n) is 9.86. The third-order valence-corrected chi connectivity index (χ3v) is 6.46. The van der Waals surface area contributed by atoms with Gasteiger partial charge in [-0.2, -0.15) is 0 Å². The normalized spacial score (nSPS) is 14.7. The van der Waals surface area contributed by atoms with Crippen molar-refractivity contribution in [2.45, 2.75) is 103 Å². The fourth-order valence-electron chi connectivity index (χ4n) is 2.38. The van der Waals surface area contributed by atoms with Gasteiger partial charge in [-0.15, -0.1) is 0 Å². The van der Waals surface area contributed by atoms with E-state index >= 15 is 0 Å². The zero-order valence-electron chi connectivity index (χ0n) is 16.5. The molecule has 4 nitrogen and oxygen atoms in total. The first-order valence-corrected chi connectivity index (χ1v) is 11.4. The molecule has 1 unspecified atom stereocenters. The summed E-state index contributed by atoms with van der Waals surface area (Å²) in [7, 11) is -3.54. The lowest BCUT2D eigenvalue weighted by atomic mass is 10.1. The summed E-state index contributed by atoms with van der Waals surface area (Å²) in [5, 5.41) is -0.733. The van der Waals surface area contributed by atoms with Gasteiger partial charge in [0.1, 0.15) is 0 Å². The van der Waals surface area contributed by atoms with Crippen molar-refractivity contribution >= 4 is 7.60 Å². The van der Waals surface area contributed by atoms with Crippen LogP contribution in [0.4, 0.5) is 0 Å². The van der Waals surface area contributed by atoms with Crippen LogP contribution in [0.2, 0.25) is 0 Å². The van der Waals surface area contributed by atoms with Crippen LogP contribution in [0.1, 0.15) is 98.3 Å². The van der Waals surface area contributed by atoms with Crippen molar-refractivity contribution in [3.63, 3.8) is 0 Å². The Bertz CT molecular complexity index is 326. The summed E-state index contributed by atoms with van der Waals surface area (Å²) in [6, 6.07) is 0. The number of rotatable bonds is 16.